The molecule has 0 aromatic heterocycles. The zero-order valence-corrected chi connectivity index (χ0v) is 18.0. The van der Waals surface area contributed by atoms with Gasteiger partial charge in [0.2, 0.25) is 0 Å². The molecule has 31 heavy (non-hydrogen) atoms. The number of thioether (sulfide) groups is 1. The van der Waals surface area contributed by atoms with E-state index in [0.717, 1.165) is 11.0 Å². The van der Waals surface area contributed by atoms with Crippen LogP contribution in [-0.2, 0) is 11.0 Å². The van der Waals surface area contributed by atoms with Gasteiger partial charge in [0, 0.05) is 16.3 Å². The summed E-state index contributed by atoms with van der Waals surface area (Å²) in [4.78, 5) is 19.8. The zero-order chi connectivity index (χ0) is 23.7. The molecule has 1 amide bonds. The molecule has 0 bridgehead atoms. The molecule has 2 rings (SSSR count). The summed E-state index contributed by atoms with van der Waals surface area (Å²) in [7, 11) is 0.500. The van der Waals surface area contributed by atoms with E-state index in [1.54, 1.807) is 24.3 Å². The highest BCUT2D eigenvalue weighted by molar-refractivity contribution is 7.99. The van der Waals surface area contributed by atoms with Gasteiger partial charge in [-0.1, -0.05) is 6.07 Å². The van der Waals surface area contributed by atoms with Gasteiger partial charge in [-0.25, -0.2) is 4.85 Å². The molecule has 5 nitrogen and oxygen atoms in total. The fourth-order valence-corrected chi connectivity index (χ4v) is 3.18. The van der Waals surface area contributed by atoms with Gasteiger partial charge in [0.05, 0.1) is 30.2 Å². The van der Waals surface area contributed by atoms with Crippen molar-refractivity contribution in [2.24, 2.45) is 4.99 Å². The van der Waals surface area contributed by atoms with Crippen LogP contribution in [0.5, 0.6) is 0 Å². The molecule has 0 aliphatic rings. The summed E-state index contributed by atoms with van der Waals surface area (Å²) in [6.45, 7) is 8.09. The number of amides is 1. The van der Waals surface area contributed by atoms with Crippen molar-refractivity contribution in [1.29, 1.82) is 0 Å². The highest BCUT2D eigenvalue weighted by Crippen LogP contribution is 2.38. The molecule has 0 fully saturated rings. The van der Waals surface area contributed by atoms with Crippen LogP contribution in [0.2, 0.25) is 0 Å². The van der Waals surface area contributed by atoms with Crippen molar-refractivity contribution in [3.63, 3.8) is 0 Å². The molecule has 2 aromatic carbocycles. The molecule has 0 aliphatic carbocycles. The Bertz CT molecular complexity index is 997. The van der Waals surface area contributed by atoms with Crippen LogP contribution in [0, 0.1) is 6.57 Å². The Kier molecular flexibility index (Phi) is 9.81. The number of isothiocyanates is 1. The second-order valence-electron chi connectivity index (χ2n) is 6.06. The second-order valence-corrected chi connectivity index (χ2v) is 7.29. The molecule has 164 valence electrons. The lowest BCUT2D eigenvalue weighted by molar-refractivity contribution is -0.137. The minimum absolute atomic E-state index is 0.0408. The maximum absolute atomic E-state index is 13.0. The third-order valence-electron chi connectivity index (χ3n) is 3.70. The summed E-state index contributed by atoms with van der Waals surface area (Å²) in [6, 6.07) is 9.65. The van der Waals surface area contributed by atoms with Crippen LogP contribution in [0.4, 0.5) is 34.6 Å². The number of anilines is 1. The lowest BCUT2D eigenvalue weighted by Crippen LogP contribution is -2.42. The van der Waals surface area contributed by atoms with Gasteiger partial charge in [0.25, 0.3) is 5.91 Å². The van der Waals surface area contributed by atoms with Crippen molar-refractivity contribution in [1.82, 2.24) is 0 Å². The lowest BCUT2D eigenvalue weighted by Gasteiger charge is -2.22. The quantitative estimate of drug-likeness (QED) is 0.177. The standard InChI is InChI=1S/C19H14F3N3O2S2.CH3F/c1-18(27,10-29-14-6-3-12(4-7-14)24-11-28)17(26)25-13-5-8-16(23-2)15(9-13)19(20,21)22;1-2/h3-9,27H,10H2,1H3,(H,25,26);1H3/t18-;/m1./s1. The minimum atomic E-state index is -4.74. The van der Waals surface area contributed by atoms with Crippen LogP contribution in [0.25, 0.3) is 4.85 Å². The number of thiocarbonyl (C=S) groups is 1. The Morgan fingerprint density at radius 1 is 1.26 bits per heavy atom. The van der Waals surface area contributed by atoms with Gasteiger partial charge in [0.15, 0.2) is 5.69 Å². The van der Waals surface area contributed by atoms with E-state index < -0.39 is 28.9 Å². The Morgan fingerprint density at radius 3 is 2.39 bits per heavy atom. The number of halogens is 4. The predicted molar refractivity (Wildman–Crippen MR) is 116 cm³/mol. The van der Waals surface area contributed by atoms with E-state index in [2.05, 4.69) is 32.5 Å². The number of aliphatic imine (C=N–C) groups is 1. The summed E-state index contributed by atoms with van der Waals surface area (Å²) in [5.41, 5.74) is -3.13. The number of rotatable bonds is 6. The van der Waals surface area contributed by atoms with Gasteiger partial charge in [-0.15, -0.1) is 11.8 Å². The topological polar surface area (TPSA) is 66.0 Å². The summed E-state index contributed by atoms with van der Waals surface area (Å²) in [5, 5.41) is 14.9. The molecule has 11 heteroatoms. The van der Waals surface area contributed by atoms with Crippen LogP contribution in [0.15, 0.2) is 52.4 Å². The number of carbonyl (C=O) groups excluding carboxylic acids is 1. The molecule has 0 spiro atoms. The fourth-order valence-electron chi connectivity index (χ4n) is 2.16. The molecule has 2 N–H and O–H groups in total. The number of carbonyl (C=O) groups is 1. The van der Waals surface area contributed by atoms with Gasteiger partial charge in [-0.2, -0.15) is 18.2 Å². The molecular weight excluding hydrogens is 454 g/mol. The summed E-state index contributed by atoms with van der Waals surface area (Å²) in [6.07, 6.45) is -4.74. The monoisotopic (exact) mass is 471 g/mol. The highest BCUT2D eigenvalue weighted by atomic mass is 32.2. The maximum Gasteiger partial charge on any atom is 0.407 e. The summed E-state index contributed by atoms with van der Waals surface area (Å²) >= 11 is 5.70. The van der Waals surface area contributed by atoms with Gasteiger partial charge in [-0.3, -0.25) is 9.18 Å². The lowest BCUT2D eigenvalue weighted by atomic mass is 10.1. The number of alkyl halides is 4. The van der Waals surface area contributed by atoms with E-state index in [-0.39, 0.29) is 11.4 Å². The van der Waals surface area contributed by atoms with Gasteiger partial charge in [-0.05, 0) is 55.5 Å². The third-order valence-corrected chi connectivity index (χ3v) is 5.10. The van der Waals surface area contributed by atoms with Crippen LogP contribution in [0.1, 0.15) is 12.5 Å². The SMILES string of the molecule is CF.[C-]#[N+]c1ccc(NC(=O)[C@](C)(O)CSc2ccc(N=C=S)cc2)cc1C(F)(F)F. The largest absolute Gasteiger partial charge is 0.407 e. The van der Waals surface area contributed by atoms with Crippen molar-refractivity contribution < 1.29 is 27.5 Å². The molecular formula is C20H17F4N3O2S2. The smallest absolute Gasteiger partial charge is 0.379 e. The molecule has 0 radical (unpaired) electrons. The van der Waals surface area contributed by atoms with Crippen LogP contribution < -0.4 is 5.32 Å². The van der Waals surface area contributed by atoms with E-state index in [1.165, 1.54) is 24.8 Å². The van der Waals surface area contributed by atoms with Gasteiger partial charge in [0.1, 0.15) is 5.60 Å². The van der Waals surface area contributed by atoms with E-state index in [9.17, 15) is 27.5 Å². The predicted octanol–water partition coefficient (Wildman–Crippen LogP) is 6.06. The average molecular weight is 472 g/mol. The van der Waals surface area contributed by atoms with E-state index in [4.69, 9.17) is 6.57 Å². The number of hydrogen-bond acceptors (Lipinski definition) is 5. The van der Waals surface area contributed by atoms with Crippen molar-refractivity contribution in [2.45, 2.75) is 23.6 Å². The molecule has 0 saturated heterocycles. The van der Waals surface area contributed by atoms with Crippen molar-refractivity contribution in [3.8, 4) is 0 Å². The molecule has 0 saturated carbocycles. The van der Waals surface area contributed by atoms with Crippen LogP contribution in [-0.4, -0.2) is 34.7 Å². The molecule has 2 aromatic rings. The Hall–Kier alpha value is -2.77. The normalized spacial score (nSPS) is 12.3. The first-order chi connectivity index (χ1) is 14.6. The number of aliphatic hydroxyl groups is 1. The first-order valence-corrected chi connectivity index (χ1v) is 9.77. The molecule has 0 aliphatic heterocycles. The first-order valence-electron chi connectivity index (χ1n) is 8.38. The third kappa shape index (κ3) is 7.77. The van der Waals surface area contributed by atoms with Crippen molar-refractivity contribution in [3.05, 3.63) is 59.4 Å². The Morgan fingerprint density at radius 2 is 1.87 bits per heavy atom. The van der Waals surface area contributed by atoms with Crippen molar-refractivity contribution >= 4 is 52.1 Å². The van der Waals surface area contributed by atoms with Gasteiger partial charge < -0.3 is 10.4 Å². The summed E-state index contributed by atoms with van der Waals surface area (Å²) < 4.78 is 48.6. The zero-order valence-electron chi connectivity index (χ0n) is 16.3. The average Bonchev–Trinajstić information content (AvgIpc) is 2.74. The van der Waals surface area contributed by atoms with E-state index in [0.29, 0.717) is 18.9 Å². The van der Waals surface area contributed by atoms with E-state index >= 15 is 0 Å². The molecule has 0 unspecified atom stereocenters. The number of nitrogens with one attached hydrogen (secondary N) is 1. The Labute approximate surface area is 186 Å². The van der Waals surface area contributed by atoms with Crippen molar-refractivity contribution in [2.75, 3.05) is 18.2 Å². The molecule has 1 atom stereocenters. The maximum atomic E-state index is 13.0. The minimum Gasteiger partial charge on any atom is -0.379 e. The molecule has 0 heterocycles. The summed E-state index contributed by atoms with van der Waals surface area (Å²) in [5.74, 6) is -0.906. The Balaban J connectivity index is 0.00000233. The van der Waals surface area contributed by atoms with Crippen LogP contribution in [0.3, 0.4) is 0 Å². The van der Waals surface area contributed by atoms with Gasteiger partial charge >= 0.3 is 6.18 Å². The van der Waals surface area contributed by atoms with E-state index in [1.807, 2.05) is 0 Å². The fraction of sp³-hybridized carbons (Fsp3) is 0.250. The first kappa shape index (κ1) is 26.3. The number of nitrogens with zero attached hydrogens (tertiary/aromatic N) is 2. The number of benzene rings is 2. The van der Waals surface area contributed by atoms with Crippen LogP contribution >= 0.6 is 24.0 Å². The highest BCUT2D eigenvalue weighted by Gasteiger charge is 2.35. The second kappa shape index (κ2) is 11.6. The number of hydrogen-bond donors (Lipinski definition) is 2.